The molecule has 0 spiro atoms. The van der Waals surface area contributed by atoms with Crippen LogP contribution in [0.2, 0.25) is 10.0 Å². The normalized spacial score (nSPS) is 15.8. The molecule has 8 heteroatoms. The van der Waals surface area contributed by atoms with Crippen molar-refractivity contribution >= 4 is 35.0 Å². The molecule has 162 valence electrons. The monoisotopic (exact) mass is 448 g/mol. The number of nitrogens with zero attached hydrogens (tertiary/aromatic N) is 4. The summed E-state index contributed by atoms with van der Waals surface area (Å²) in [5.74, 6) is 1.77. The summed E-state index contributed by atoms with van der Waals surface area (Å²) in [6, 6.07) is 12.3. The second-order valence-corrected chi connectivity index (χ2v) is 8.56. The standard InChI is InChI=1S/C22H30Cl2N6/c1-25-22(26-14-18-5-4-6-21(27-18)29(2)3)28-17-9-11-30(12-10-17)15-16-7-8-19(23)20(24)13-16/h4-8,13,17H,9-12,14-15H2,1-3H3,(H2,25,26,28). The molecule has 1 aliphatic heterocycles. The summed E-state index contributed by atoms with van der Waals surface area (Å²) in [4.78, 5) is 13.5. The van der Waals surface area contributed by atoms with Crippen molar-refractivity contribution in [2.24, 2.45) is 4.99 Å². The van der Waals surface area contributed by atoms with Crippen molar-refractivity contribution in [2.45, 2.75) is 32.0 Å². The lowest BCUT2D eigenvalue weighted by Crippen LogP contribution is -2.48. The molecule has 0 radical (unpaired) electrons. The van der Waals surface area contributed by atoms with Gasteiger partial charge in [-0.25, -0.2) is 4.98 Å². The van der Waals surface area contributed by atoms with E-state index in [1.807, 2.05) is 55.4 Å². The molecule has 0 saturated carbocycles. The molecule has 0 amide bonds. The molecule has 2 aromatic rings. The van der Waals surface area contributed by atoms with Crippen LogP contribution in [-0.2, 0) is 13.1 Å². The maximum absolute atomic E-state index is 6.14. The molecule has 3 rings (SSSR count). The predicted molar refractivity (Wildman–Crippen MR) is 127 cm³/mol. The molecular weight excluding hydrogens is 419 g/mol. The van der Waals surface area contributed by atoms with Crippen LogP contribution >= 0.6 is 23.2 Å². The maximum atomic E-state index is 6.14. The predicted octanol–water partition coefficient (Wildman–Crippen LogP) is 3.78. The fraction of sp³-hybridized carbons (Fsp3) is 0.455. The number of aliphatic imine (C=N–C) groups is 1. The van der Waals surface area contributed by atoms with Crippen LogP contribution in [0.4, 0.5) is 5.82 Å². The number of hydrogen-bond acceptors (Lipinski definition) is 4. The molecule has 2 heterocycles. The van der Waals surface area contributed by atoms with Crippen molar-refractivity contribution in [2.75, 3.05) is 39.1 Å². The molecule has 0 unspecified atom stereocenters. The largest absolute Gasteiger partial charge is 0.363 e. The minimum Gasteiger partial charge on any atom is -0.363 e. The number of aromatic nitrogens is 1. The van der Waals surface area contributed by atoms with Gasteiger partial charge < -0.3 is 15.5 Å². The van der Waals surface area contributed by atoms with E-state index in [1.165, 1.54) is 5.56 Å². The van der Waals surface area contributed by atoms with Gasteiger partial charge in [0.05, 0.1) is 22.3 Å². The average Bonchev–Trinajstić information content (AvgIpc) is 2.75. The molecule has 1 aromatic carbocycles. The number of pyridine rings is 1. The molecule has 0 bridgehead atoms. The molecule has 1 saturated heterocycles. The van der Waals surface area contributed by atoms with E-state index in [2.05, 4.69) is 25.5 Å². The van der Waals surface area contributed by atoms with E-state index in [0.717, 1.165) is 49.9 Å². The molecule has 1 aliphatic rings. The average molecular weight is 449 g/mol. The van der Waals surface area contributed by atoms with Crippen molar-refractivity contribution in [3.05, 3.63) is 57.7 Å². The molecule has 6 nitrogen and oxygen atoms in total. The van der Waals surface area contributed by atoms with Gasteiger partial charge in [-0.1, -0.05) is 35.3 Å². The van der Waals surface area contributed by atoms with Crippen molar-refractivity contribution in [1.82, 2.24) is 20.5 Å². The van der Waals surface area contributed by atoms with Crippen molar-refractivity contribution in [1.29, 1.82) is 0 Å². The van der Waals surface area contributed by atoms with Crippen molar-refractivity contribution < 1.29 is 0 Å². The van der Waals surface area contributed by atoms with Gasteiger partial charge in [0.2, 0.25) is 0 Å². The van der Waals surface area contributed by atoms with Gasteiger partial charge in [0, 0.05) is 46.8 Å². The Balaban J connectivity index is 1.45. The maximum Gasteiger partial charge on any atom is 0.191 e. The molecule has 0 aliphatic carbocycles. The van der Waals surface area contributed by atoms with Gasteiger partial charge in [0.1, 0.15) is 5.82 Å². The lowest BCUT2D eigenvalue weighted by atomic mass is 10.0. The van der Waals surface area contributed by atoms with Crippen LogP contribution in [0.5, 0.6) is 0 Å². The van der Waals surface area contributed by atoms with E-state index in [-0.39, 0.29) is 0 Å². The fourth-order valence-electron chi connectivity index (χ4n) is 3.51. The summed E-state index contributed by atoms with van der Waals surface area (Å²) in [5, 5.41) is 8.15. The summed E-state index contributed by atoms with van der Waals surface area (Å²) in [6.45, 7) is 3.59. The summed E-state index contributed by atoms with van der Waals surface area (Å²) in [7, 11) is 5.79. The highest BCUT2D eigenvalue weighted by Gasteiger charge is 2.20. The number of hydrogen-bond donors (Lipinski definition) is 2. The quantitative estimate of drug-likeness (QED) is 0.519. The second-order valence-electron chi connectivity index (χ2n) is 7.75. The first-order valence-electron chi connectivity index (χ1n) is 10.2. The Labute approximate surface area is 189 Å². The van der Waals surface area contributed by atoms with Crippen molar-refractivity contribution in [3.63, 3.8) is 0 Å². The molecule has 1 fully saturated rings. The van der Waals surface area contributed by atoms with Crippen LogP contribution in [0, 0.1) is 0 Å². The number of guanidine groups is 1. The van der Waals surface area contributed by atoms with Crippen LogP contribution in [0.3, 0.4) is 0 Å². The smallest absolute Gasteiger partial charge is 0.191 e. The Bertz CT molecular complexity index is 862. The Hall–Kier alpha value is -2.02. The van der Waals surface area contributed by atoms with Crippen LogP contribution in [-0.4, -0.2) is 56.1 Å². The molecular formula is C22H30Cl2N6. The minimum absolute atomic E-state index is 0.405. The number of anilines is 1. The third-order valence-electron chi connectivity index (χ3n) is 5.23. The Morgan fingerprint density at radius 1 is 1.17 bits per heavy atom. The summed E-state index contributed by atoms with van der Waals surface area (Å²) in [5.41, 5.74) is 2.18. The molecule has 0 atom stereocenters. The highest BCUT2D eigenvalue weighted by atomic mass is 35.5. The first-order valence-corrected chi connectivity index (χ1v) is 11.0. The lowest BCUT2D eigenvalue weighted by molar-refractivity contribution is 0.198. The number of halogens is 2. The number of rotatable bonds is 6. The highest BCUT2D eigenvalue weighted by molar-refractivity contribution is 6.42. The second kappa shape index (κ2) is 10.8. The van der Waals surface area contributed by atoms with Gasteiger partial charge in [-0.3, -0.25) is 9.89 Å². The third kappa shape index (κ3) is 6.49. The van der Waals surface area contributed by atoms with E-state index < -0.39 is 0 Å². The zero-order valence-electron chi connectivity index (χ0n) is 17.8. The van der Waals surface area contributed by atoms with E-state index in [9.17, 15) is 0 Å². The van der Waals surface area contributed by atoms with Crippen LogP contribution in [0.1, 0.15) is 24.1 Å². The van der Waals surface area contributed by atoms with Gasteiger partial charge >= 0.3 is 0 Å². The topological polar surface area (TPSA) is 55.8 Å². The van der Waals surface area contributed by atoms with Gasteiger partial charge in [-0.15, -0.1) is 0 Å². The molecule has 1 aromatic heterocycles. The van der Waals surface area contributed by atoms with Gasteiger partial charge in [0.25, 0.3) is 0 Å². The van der Waals surface area contributed by atoms with Gasteiger partial charge in [0.15, 0.2) is 5.96 Å². The third-order valence-corrected chi connectivity index (χ3v) is 5.97. The Kier molecular flexibility index (Phi) is 8.19. The Morgan fingerprint density at radius 2 is 1.93 bits per heavy atom. The summed E-state index contributed by atoms with van der Waals surface area (Å²) < 4.78 is 0. The van der Waals surface area contributed by atoms with Crippen LogP contribution < -0.4 is 15.5 Å². The molecule has 2 N–H and O–H groups in total. The SMILES string of the molecule is CN=C(NCc1cccc(N(C)C)n1)NC1CCN(Cc2ccc(Cl)c(Cl)c2)CC1. The summed E-state index contributed by atoms with van der Waals surface area (Å²) >= 11 is 12.2. The van der Waals surface area contributed by atoms with E-state index in [1.54, 1.807) is 7.05 Å². The first kappa shape index (κ1) is 22.7. The zero-order chi connectivity index (χ0) is 21.5. The Morgan fingerprint density at radius 3 is 2.60 bits per heavy atom. The van der Waals surface area contributed by atoms with Gasteiger partial charge in [-0.2, -0.15) is 0 Å². The van der Waals surface area contributed by atoms with Gasteiger partial charge in [-0.05, 0) is 42.7 Å². The van der Waals surface area contributed by atoms with Crippen molar-refractivity contribution in [3.8, 4) is 0 Å². The number of piperidine rings is 1. The van der Waals surface area contributed by atoms with Crippen LogP contribution in [0.25, 0.3) is 0 Å². The number of likely N-dealkylation sites (tertiary alicyclic amines) is 1. The fourth-order valence-corrected chi connectivity index (χ4v) is 3.83. The number of benzene rings is 1. The minimum atomic E-state index is 0.405. The van der Waals surface area contributed by atoms with E-state index in [4.69, 9.17) is 23.2 Å². The lowest BCUT2D eigenvalue weighted by Gasteiger charge is -2.33. The number of nitrogens with one attached hydrogen (secondary N) is 2. The first-order chi connectivity index (χ1) is 14.4. The highest BCUT2D eigenvalue weighted by Crippen LogP contribution is 2.24. The zero-order valence-corrected chi connectivity index (χ0v) is 19.3. The summed E-state index contributed by atoms with van der Waals surface area (Å²) in [6.07, 6.45) is 2.13. The van der Waals surface area contributed by atoms with Crippen LogP contribution in [0.15, 0.2) is 41.4 Å². The van der Waals surface area contributed by atoms with E-state index in [0.29, 0.717) is 22.6 Å². The van der Waals surface area contributed by atoms with E-state index >= 15 is 0 Å². The molecule has 30 heavy (non-hydrogen) atoms.